The molecule has 0 aliphatic rings. The molecule has 0 unspecified atom stereocenters. The third-order valence-corrected chi connectivity index (χ3v) is 8.92. The van der Waals surface area contributed by atoms with E-state index < -0.39 is 8.14 Å². The first-order valence-electron chi connectivity index (χ1n) is 7.94. The molecule has 116 valence electrons. The molecule has 0 bridgehead atoms. The van der Waals surface area contributed by atoms with Gasteiger partial charge in [-0.15, -0.1) is 15.3 Å². The van der Waals surface area contributed by atoms with E-state index in [1.54, 1.807) is 0 Å². The molecule has 0 nitrogen and oxygen atoms in total. The molecule has 0 amide bonds. The third kappa shape index (κ3) is 2.82. The molecule has 0 aliphatic carbocycles. The van der Waals surface area contributed by atoms with Crippen LogP contribution in [0.5, 0.6) is 0 Å². The van der Waals surface area contributed by atoms with Crippen LogP contribution in [0.3, 0.4) is 0 Å². The molecule has 0 radical (unpaired) electrons. The molecule has 0 N–H and O–H groups in total. The van der Waals surface area contributed by atoms with Gasteiger partial charge in [0.2, 0.25) is 0 Å². The zero-order valence-electron chi connectivity index (χ0n) is 13.6. The summed E-state index contributed by atoms with van der Waals surface area (Å²) in [4.78, 5) is 0. The highest BCUT2D eigenvalue weighted by Crippen LogP contribution is 2.41. The van der Waals surface area contributed by atoms with Crippen molar-refractivity contribution in [2.45, 2.75) is 18.9 Å². The first-order chi connectivity index (χ1) is 11.2. The Hall–Kier alpha value is -1.64. The lowest BCUT2D eigenvalue weighted by Gasteiger charge is -2.35. The molecule has 0 spiro atoms. The lowest BCUT2D eigenvalue weighted by Crippen LogP contribution is -2.34. The monoisotopic (exact) mass is 380 g/mol. The lowest BCUT2D eigenvalue weighted by atomic mass is 9.81. The molecule has 0 atom stereocenters. The standard InChI is InChI=1S/C21H21BrSi/c1-16-10-9-15-20(17(16)2)21(23-22,18-11-5-3-6-12-18)19-13-7-4-8-14-19/h3-15H,23H2,1-2H3. The maximum absolute atomic E-state index is 3.98. The third-order valence-electron chi connectivity index (χ3n) is 4.80. The predicted octanol–water partition coefficient (Wildman–Crippen LogP) is 5.07. The number of rotatable bonds is 4. The highest BCUT2D eigenvalue weighted by atomic mass is 79.9. The Labute approximate surface area is 149 Å². The van der Waals surface area contributed by atoms with Crippen LogP contribution in [0.4, 0.5) is 0 Å². The van der Waals surface area contributed by atoms with Gasteiger partial charge in [0.25, 0.3) is 0 Å². The topological polar surface area (TPSA) is 0 Å². The average molecular weight is 381 g/mol. The van der Waals surface area contributed by atoms with Gasteiger partial charge in [-0.05, 0) is 41.7 Å². The highest BCUT2D eigenvalue weighted by Gasteiger charge is 2.36. The first-order valence-corrected chi connectivity index (χ1v) is 12.5. The normalized spacial score (nSPS) is 12.0. The van der Waals surface area contributed by atoms with E-state index in [9.17, 15) is 0 Å². The summed E-state index contributed by atoms with van der Waals surface area (Å²) in [7, 11) is -0.599. The van der Waals surface area contributed by atoms with Gasteiger partial charge in [0, 0.05) is 5.04 Å². The molecule has 0 fully saturated rings. The zero-order valence-corrected chi connectivity index (χ0v) is 16.6. The zero-order chi connectivity index (χ0) is 16.3. The van der Waals surface area contributed by atoms with E-state index in [2.05, 4.69) is 108 Å². The van der Waals surface area contributed by atoms with Crippen LogP contribution in [0.15, 0.2) is 78.9 Å². The second-order valence-electron chi connectivity index (χ2n) is 6.02. The molecule has 0 aliphatic heterocycles. The van der Waals surface area contributed by atoms with E-state index in [0.717, 1.165) is 0 Å². The average Bonchev–Trinajstić information content (AvgIpc) is 2.61. The van der Waals surface area contributed by atoms with Crippen LogP contribution >= 0.6 is 15.3 Å². The molecule has 2 heteroatoms. The van der Waals surface area contributed by atoms with Gasteiger partial charge in [-0.2, -0.15) is 0 Å². The molecule has 0 saturated heterocycles. The molecule has 3 rings (SSSR count). The van der Waals surface area contributed by atoms with Crippen molar-refractivity contribution in [2.24, 2.45) is 0 Å². The summed E-state index contributed by atoms with van der Waals surface area (Å²) in [5.74, 6) is 0. The summed E-state index contributed by atoms with van der Waals surface area (Å²) in [5.41, 5.74) is 6.94. The summed E-state index contributed by atoms with van der Waals surface area (Å²) in [6.45, 7) is 4.46. The quantitative estimate of drug-likeness (QED) is 0.336. The Morgan fingerprint density at radius 3 is 1.70 bits per heavy atom. The maximum Gasteiger partial charge on any atom is 0.119 e. The van der Waals surface area contributed by atoms with Gasteiger partial charge in [-0.25, -0.2) is 0 Å². The van der Waals surface area contributed by atoms with Crippen LogP contribution in [-0.2, 0) is 5.04 Å². The molecule has 0 saturated carbocycles. The fourth-order valence-electron chi connectivity index (χ4n) is 3.36. The Morgan fingerprint density at radius 1 is 0.696 bits per heavy atom. The van der Waals surface area contributed by atoms with Crippen LogP contribution in [0.2, 0.25) is 0 Å². The number of halogens is 1. The number of hydrogen-bond acceptors (Lipinski definition) is 0. The van der Waals surface area contributed by atoms with Crippen LogP contribution in [0, 0.1) is 13.8 Å². The fourth-order valence-corrected chi connectivity index (χ4v) is 7.52. The van der Waals surface area contributed by atoms with Gasteiger partial charge in [0.1, 0.15) is 8.14 Å². The Morgan fingerprint density at radius 2 is 1.22 bits per heavy atom. The molecule has 3 aromatic carbocycles. The molecule has 0 heterocycles. The van der Waals surface area contributed by atoms with Crippen molar-refractivity contribution in [1.82, 2.24) is 0 Å². The second kappa shape index (κ2) is 6.86. The van der Waals surface area contributed by atoms with Gasteiger partial charge in [-0.1, -0.05) is 78.9 Å². The van der Waals surface area contributed by atoms with E-state index in [-0.39, 0.29) is 5.04 Å². The molecule has 23 heavy (non-hydrogen) atoms. The predicted molar refractivity (Wildman–Crippen MR) is 106 cm³/mol. The minimum atomic E-state index is -0.599. The van der Waals surface area contributed by atoms with E-state index in [4.69, 9.17) is 0 Å². The largest absolute Gasteiger partial charge is 0.134 e. The van der Waals surface area contributed by atoms with Crippen molar-refractivity contribution in [3.8, 4) is 0 Å². The Bertz CT molecular complexity index is 742. The summed E-state index contributed by atoms with van der Waals surface area (Å²) in [5, 5.41) is -0.0430. The van der Waals surface area contributed by atoms with E-state index in [1.165, 1.54) is 27.8 Å². The van der Waals surface area contributed by atoms with Crippen molar-refractivity contribution in [2.75, 3.05) is 0 Å². The smallest absolute Gasteiger partial charge is 0.119 e. The molecule has 0 aromatic heterocycles. The van der Waals surface area contributed by atoms with Gasteiger partial charge in [-0.3, -0.25) is 0 Å². The van der Waals surface area contributed by atoms with Crippen molar-refractivity contribution in [3.05, 3.63) is 107 Å². The summed E-state index contributed by atoms with van der Waals surface area (Å²) < 4.78 is 0. The van der Waals surface area contributed by atoms with Crippen molar-refractivity contribution in [3.63, 3.8) is 0 Å². The minimum Gasteiger partial charge on any atom is -0.134 e. The summed E-state index contributed by atoms with van der Waals surface area (Å²) >= 11 is 3.98. The summed E-state index contributed by atoms with van der Waals surface area (Å²) in [6.07, 6.45) is 0. The van der Waals surface area contributed by atoms with Crippen molar-refractivity contribution in [1.29, 1.82) is 0 Å². The van der Waals surface area contributed by atoms with Gasteiger partial charge >= 0.3 is 0 Å². The van der Waals surface area contributed by atoms with E-state index >= 15 is 0 Å². The molecular weight excluding hydrogens is 360 g/mol. The Balaban J connectivity index is 2.36. The maximum atomic E-state index is 3.98. The number of benzene rings is 3. The number of hydrogen-bond donors (Lipinski definition) is 0. The molecule has 3 aromatic rings. The van der Waals surface area contributed by atoms with Crippen molar-refractivity contribution >= 4 is 23.4 Å². The van der Waals surface area contributed by atoms with Gasteiger partial charge < -0.3 is 0 Å². The lowest BCUT2D eigenvalue weighted by molar-refractivity contribution is 0.861. The number of aryl methyl sites for hydroxylation is 1. The van der Waals surface area contributed by atoms with E-state index in [0.29, 0.717) is 0 Å². The van der Waals surface area contributed by atoms with E-state index in [1.807, 2.05) is 0 Å². The SMILES string of the molecule is Cc1cccc(C([SiH2]Br)(c2ccccc2)c2ccccc2)c1C. The highest BCUT2D eigenvalue weighted by molar-refractivity contribution is 9.23. The second-order valence-corrected chi connectivity index (χ2v) is 9.03. The van der Waals surface area contributed by atoms with Gasteiger partial charge in [0.15, 0.2) is 0 Å². The Kier molecular flexibility index (Phi) is 4.84. The van der Waals surface area contributed by atoms with Crippen LogP contribution < -0.4 is 0 Å². The first kappa shape index (κ1) is 16.2. The van der Waals surface area contributed by atoms with Gasteiger partial charge in [0.05, 0.1) is 0 Å². The van der Waals surface area contributed by atoms with Crippen LogP contribution in [0.25, 0.3) is 0 Å². The van der Waals surface area contributed by atoms with Crippen LogP contribution in [-0.4, -0.2) is 8.14 Å². The fraction of sp³-hybridized carbons (Fsp3) is 0.143. The van der Waals surface area contributed by atoms with Crippen molar-refractivity contribution < 1.29 is 0 Å². The molecular formula is C21H21BrSi. The summed E-state index contributed by atoms with van der Waals surface area (Å²) in [6, 6.07) is 28.5. The van der Waals surface area contributed by atoms with Crippen LogP contribution in [0.1, 0.15) is 27.8 Å². The minimum absolute atomic E-state index is 0.0430.